The molecular weight excluding hydrogens is 411 g/mol. The molecular formula is C21H20F3N5O2. The van der Waals surface area contributed by atoms with Crippen LogP contribution in [0, 0.1) is 35.2 Å². The minimum Gasteiger partial charge on any atom is -0.469 e. The summed E-state index contributed by atoms with van der Waals surface area (Å²) < 4.78 is 48.0. The Kier molecular flexibility index (Phi) is 4.79. The molecule has 0 saturated heterocycles. The molecule has 2 bridgehead atoms. The number of rotatable bonds is 4. The zero-order chi connectivity index (χ0) is 21.7. The molecule has 7 nitrogen and oxygen atoms in total. The average molecular weight is 431 g/mol. The molecule has 0 amide bonds. The maximum absolute atomic E-state index is 14.7. The Morgan fingerprint density at radius 3 is 2.58 bits per heavy atom. The first-order valence-corrected chi connectivity index (χ1v) is 10.2. The molecule has 2 N–H and O–H groups in total. The van der Waals surface area contributed by atoms with Crippen LogP contribution < -0.4 is 5.32 Å². The molecule has 0 radical (unpaired) electrons. The van der Waals surface area contributed by atoms with Crippen LogP contribution in [0.5, 0.6) is 0 Å². The molecule has 3 heterocycles. The third-order valence-corrected chi connectivity index (χ3v) is 6.53. The number of hydrogen-bond donors (Lipinski definition) is 2. The van der Waals surface area contributed by atoms with Crippen molar-refractivity contribution in [2.24, 2.45) is 17.8 Å². The van der Waals surface area contributed by atoms with Crippen molar-refractivity contribution in [2.45, 2.75) is 31.7 Å². The van der Waals surface area contributed by atoms with Gasteiger partial charge in [0.2, 0.25) is 0 Å². The van der Waals surface area contributed by atoms with Gasteiger partial charge in [0.05, 0.1) is 24.6 Å². The Balaban J connectivity index is 1.54. The van der Waals surface area contributed by atoms with Crippen LogP contribution in [-0.4, -0.2) is 39.3 Å². The summed E-state index contributed by atoms with van der Waals surface area (Å²) in [5.74, 6) is -3.05. The number of pyridine rings is 2. The van der Waals surface area contributed by atoms with Crippen LogP contribution in [0.2, 0.25) is 0 Å². The largest absolute Gasteiger partial charge is 0.469 e. The van der Waals surface area contributed by atoms with E-state index in [1.807, 2.05) is 0 Å². The van der Waals surface area contributed by atoms with Crippen molar-refractivity contribution in [3.8, 4) is 11.4 Å². The molecule has 0 aliphatic heterocycles. The van der Waals surface area contributed by atoms with E-state index in [1.165, 1.54) is 7.11 Å². The first kappa shape index (κ1) is 19.8. The third-order valence-electron chi connectivity index (χ3n) is 6.53. The van der Waals surface area contributed by atoms with Crippen LogP contribution in [0.25, 0.3) is 22.4 Å². The fraction of sp³-hybridized carbons (Fsp3) is 0.429. The maximum Gasteiger partial charge on any atom is 0.311 e. The van der Waals surface area contributed by atoms with Crippen LogP contribution in [0.3, 0.4) is 0 Å². The lowest BCUT2D eigenvalue weighted by Gasteiger charge is -2.47. The number of carbonyl (C=O) groups excluding carboxylic acids is 1. The number of nitrogens with zero attached hydrogens (tertiary/aromatic N) is 3. The van der Waals surface area contributed by atoms with Crippen LogP contribution in [0.15, 0.2) is 18.3 Å². The Morgan fingerprint density at radius 2 is 1.84 bits per heavy atom. The van der Waals surface area contributed by atoms with Gasteiger partial charge in [-0.2, -0.15) is 5.10 Å². The second kappa shape index (κ2) is 7.51. The van der Waals surface area contributed by atoms with Crippen molar-refractivity contribution in [3.63, 3.8) is 0 Å². The maximum atomic E-state index is 14.7. The monoisotopic (exact) mass is 431 g/mol. The molecule has 6 rings (SSSR count). The van der Waals surface area contributed by atoms with Crippen LogP contribution >= 0.6 is 0 Å². The van der Waals surface area contributed by atoms with E-state index in [4.69, 9.17) is 4.74 Å². The number of aromatic amines is 1. The number of H-pyrrole nitrogens is 1. The number of aromatic nitrogens is 4. The van der Waals surface area contributed by atoms with Crippen molar-refractivity contribution in [1.82, 2.24) is 20.2 Å². The average Bonchev–Trinajstić information content (AvgIpc) is 3.18. The SMILES string of the molecule is COC(=O)C1C2CCC(CC2)C1Nc1nc(-c2n[nH]c3ncc(F)cc23)c(F)cc1F. The van der Waals surface area contributed by atoms with Gasteiger partial charge < -0.3 is 10.1 Å². The lowest BCUT2D eigenvalue weighted by atomic mass is 9.61. The number of ether oxygens (including phenoxy) is 1. The van der Waals surface area contributed by atoms with Gasteiger partial charge >= 0.3 is 5.97 Å². The number of nitrogens with one attached hydrogen (secondary N) is 2. The molecule has 10 heteroatoms. The standard InChI is InChI=1S/C21H20F3N5O2/c1-31-21(30)15-9-2-4-10(5-3-9)16(15)26-20-14(24)7-13(23)18(27-20)17-12-6-11(22)8-25-19(12)29-28-17/h6-10,15-16H,2-5H2,1H3,(H,26,27)(H,25,28,29). The summed E-state index contributed by atoms with van der Waals surface area (Å²) in [5, 5.41) is 9.88. The molecule has 3 aromatic rings. The van der Waals surface area contributed by atoms with E-state index in [-0.39, 0.29) is 52.1 Å². The number of carbonyl (C=O) groups is 1. The van der Waals surface area contributed by atoms with E-state index < -0.39 is 23.4 Å². The lowest BCUT2D eigenvalue weighted by molar-refractivity contribution is -0.152. The Bertz CT molecular complexity index is 1160. The van der Waals surface area contributed by atoms with Crippen LogP contribution in [-0.2, 0) is 9.53 Å². The molecule has 162 valence electrons. The van der Waals surface area contributed by atoms with Gasteiger partial charge in [-0.1, -0.05) is 0 Å². The molecule has 2 unspecified atom stereocenters. The summed E-state index contributed by atoms with van der Waals surface area (Å²) in [5.41, 5.74) is 0.0437. The molecule has 2 atom stereocenters. The summed E-state index contributed by atoms with van der Waals surface area (Å²) in [6, 6.07) is 1.51. The molecule has 0 aromatic carbocycles. The molecule has 3 saturated carbocycles. The Hall–Kier alpha value is -3.17. The summed E-state index contributed by atoms with van der Waals surface area (Å²) in [7, 11) is 1.34. The van der Waals surface area contributed by atoms with Gasteiger partial charge in [0.1, 0.15) is 17.2 Å². The zero-order valence-electron chi connectivity index (χ0n) is 16.7. The Labute approximate surface area is 175 Å². The highest BCUT2D eigenvalue weighted by atomic mass is 19.1. The highest BCUT2D eigenvalue weighted by Crippen LogP contribution is 2.47. The quantitative estimate of drug-likeness (QED) is 0.610. The molecule has 3 aliphatic rings. The topological polar surface area (TPSA) is 92.8 Å². The summed E-state index contributed by atoms with van der Waals surface area (Å²) in [4.78, 5) is 20.5. The molecule has 0 spiro atoms. The van der Waals surface area contributed by atoms with Gasteiger partial charge in [0.25, 0.3) is 0 Å². The molecule has 3 fully saturated rings. The van der Waals surface area contributed by atoms with Gasteiger partial charge in [-0.25, -0.2) is 23.1 Å². The molecule has 31 heavy (non-hydrogen) atoms. The van der Waals surface area contributed by atoms with E-state index >= 15 is 0 Å². The Morgan fingerprint density at radius 1 is 1.10 bits per heavy atom. The predicted molar refractivity (Wildman–Crippen MR) is 105 cm³/mol. The number of methoxy groups -OCH3 is 1. The lowest BCUT2D eigenvalue weighted by Crippen LogP contribution is -2.52. The van der Waals surface area contributed by atoms with Gasteiger partial charge in [-0.15, -0.1) is 0 Å². The second-order valence-corrected chi connectivity index (χ2v) is 8.17. The smallest absolute Gasteiger partial charge is 0.311 e. The van der Waals surface area contributed by atoms with Gasteiger partial charge in [0.15, 0.2) is 23.1 Å². The number of anilines is 1. The molecule has 3 aromatic heterocycles. The van der Waals surface area contributed by atoms with Crippen LogP contribution in [0.1, 0.15) is 25.7 Å². The van der Waals surface area contributed by atoms with Crippen molar-refractivity contribution >= 4 is 22.8 Å². The first-order chi connectivity index (χ1) is 15.0. The summed E-state index contributed by atoms with van der Waals surface area (Å²) in [6.07, 6.45) is 4.69. The minimum atomic E-state index is -0.935. The fourth-order valence-corrected chi connectivity index (χ4v) is 5.08. The summed E-state index contributed by atoms with van der Waals surface area (Å²) in [6.45, 7) is 0. The van der Waals surface area contributed by atoms with Crippen molar-refractivity contribution in [2.75, 3.05) is 12.4 Å². The highest BCUT2D eigenvalue weighted by Gasteiger charge is 2.48. The number of fused-ring (bicyclic) bond motifs is 4. The third kappa shape index (κ3) is 3.30. The van der Waals surface area contributed by atoms with Gasteiger partial charge in [-0.3, -0.25) is 9.89 Å². The van der Waals surface area contributed by atoms with Crippen molar-refractivity contribution < 1.29 is 22.7 Å². The number of hydrogen-bond acceptors (Lipinski definition) is 6. The van der Waals surface area contributed by atoms with E-state index in [1.54, 1.807) is 0 Å². The van der Waals surface area contributed by atoms with E-state index in [0.717, 1.165) is 37.9 Å². The van der Waals surface area contributed by atoms with E-state index in [0.29, 0.717) is 6.07 Å². The number of esters is 1. The van der Waals surface area contributed by atoms with Crippen molar-refractivity contribution in [3.05, 3.63) is 35.8 Å². The fourth-order valence-electron chi connectivity index (χ4n) is 5.08. The highest BCUT2D eigenvalue weighted by molar-refractivity contribution is 5.90. The zero-order valence-corrected chi connectivity index (χ0v) is 16.7. The minimum absolute atomic E-state index is 0.0252. The predicted octanol–water partition coefficient (Wildman–Crippen LogP) is 3.83. The second-order valence-electron chi connectivity index (χ2n) is 8.17. The van der Waals surface area contributed by atoms with Crippen LogP contribution in [0.4, 0.5) is 19.0 Å². The van der Waals surface area contributed by atoms with Crippen molar-refractivity contribution in [1.29, 1.82) is 0 Å². The first-order valence-electron chi connectivity index (χ1n) is 10.2. The normalized spacial score (nSPS) is 25.0. The molecule has 3 aliphatic carbocycles. The number of halogens is 3. The summed E-state index contributed by atoms with van der Waals surface area (Å²) >= 11 is 0. The van der Waals surface area contributed by atoms with E-state index in [2.05, 4.69) is 25.5 Å². The van der Waals surface area contributed by atoms with E-state index in [9.17, 15) is 18.0 Å². The van der Waals surface area contributed by atoms with Gasteiger partial charge in [-0.05, 0) is 43.6 Å². The van der Waals surface area contributed by atoms with Gasteiger partial charge in [0, 0.05) is 12.1 Å².